The number of anilines is 1. The van der Waals surface area contributed by atoms with E-state index in [1.54, 1.807) is 6.20 Å². The molecule has 6 nitrogen and oxygen atoms in total. The molecule has 2 aliphatic heterocycles. The van der Waals surface area contributed by atoms with Crippen LogP contribution in [0.3, 0.4) is 0 Å². The standard InChI is InChI=1S/C15H23N5OS/c21-15(9-12-11-22-8-6-16-12)17-10-13-3-2-7-20(13)14-4-1-5-18-19-14/h1,4-5,12-13,16H,2-3,6-11H2,(H,17,21). The number of nitrogens with one attached hydrogen (secondary N) is 2. The third-order valence-electron chi connectivity index (χ3n) is 4.19. The van der Waals surface area contributed by atoms with E-state index in [-0.39, 0.29) is 5.91 Å². The second-order valence-corrected chi connectivity index (χ2v) is 6.96. The number of hydrogen-bond donors (Lipinski definition) is 2. The molecule has 0 aromatic carbocycles. The average molecular weight is 321 g/mol. The van der Waals surface area contributed by atoms with Crippen molar-refractivity contribution in [2.75, 3.05) is 36.0 Å². The predicted octanol–water partition coefficient (Wildman–Crippen LogP) is 0.657. The Morgan fingerprint density at radius 3 is 3.27 bits per heavy atom. The minimum absolute atomic E-state index is 0.144. The van der Waals surface area contributed by atoms with E-state index in [1.165, 1.54) is 0 Å². The largest absolute Gasteiger partial charge is 0.354 e. The van der Waals surface area contributed by atoms with Crippen LogP contribution in [0.15, 0.2) is 18.3 Å². The topological polar surface area (TPSA) is 70.2 Å². The van der Waals surface area contributed by atoms with Gasteiger partial charge in [0.15, 0.2) is 5.82 Å². The minimum atomic E-state index is 0.144. The smallest absolute Gasteiger partial charge is 0.221 e. The maximum Gasteiger partial charge on any atom is 0.221 e. The Balaban J connectivity index is 1.47. The molecule has 2 saturated heterocycles. The van der Waals surface area contributed by atoms with Gasteiger partial charge in [-0.05, 0) is 25.0 Å². The fourth-order valence-corrected chi connectivity index (χ4v) is 4.02. The van der Waals surface area contributed by atoms with Crippen molar-refractivity contribution in [2.45, 2.75) is 31.3 Å². The monoisotopic (exact) mass is 321 g/mol. The van der Waals surface area contributed by atoms with E-state index in [2.05, 4.69) is 25.7 Å². The summed E-state index contributed by atoms with van der Waals surface area (Å²) in [5.41, 5.74) is 0. The molecule has 0 bridgehead atoms. The number of carbonyl (C=O) groups excluding carboxylic acids is 1. The van der Waals surface area contributed by atoms with Gasteiger partial charge in [-0.25, -0.2) is 0 Å². The Morgan fingerprint density at radius 1 is 1.55 bits per heavy atom. The summed E-state index contributed by atoms with van der Waals surface area (Å²) in [5, 5.41) is 14.6. The Hall–Kier alpha value is -1.34. The van der Waals surface area contributed by atoms with Crippen LogP contribution in [-0.2, 0) is 4.79 Å². The van der Waals surface area contributed by atoms with Crippen molar-refractivity contribution in [3.8, 4) is 0 Å². The van der Waals surface area contributed by atoms with Gasteiger partial charge in [0.05, 0.1) is 0 Å². The van der Waals surface area contributed by atoms with Crippen molar-refractivity contribution >= 4 is 23.5 Å². The van der Waals surface area contributed by atoms with Crippen molar-refractivity contribution in [1.82, 2.24) is 20.8 Å². The normalized spacial score (nSPS) is 25.2. The van der Waals surface area contributed by atoms with E-state index in [0.717, 1.165) is 43.3 Å². The summed E-state index contributed by atoms with van der Waals surface area (Å²) in [4.78, 5) is 14.4. The first-order valence-electron chi connectivity index (χ1n) is 7.95. The summed E-state index contributed by atoms with van der Waals surface area (Å²) >= 11 is 1.92. The molecule has 0 radical (unpaired) electrons. The summed E-state index contributed by atoms with van der Waals surface area (Å²) < 4.78 is 0. The number of rotatable bonds is 5. The molecule has 22 heavy (non-hydrogen) atoms. The van der Waals surface area contributed by atoms with E-state index < -0.39 is 0 Å². The van der Waals surface area contributed by atoms with E-state index in [9.17, 15) is 4.79 Å². The molecule has 2 atom stereocenters. The zero-order chi connectivity index (χ0) is 15.2. The van der Waals surface area contributed by atoms with Gasteiger partial charge in [0.1, 0.15) is 0 Å². The quantitative estimate of drug-likeness (QED) is 0.830. The highest BCUT2D eigenvalue weighted by Gasteiger charge is 2.26. The first kappa shape index (κ1) is 15.6. The highest BCUT2D eigenvalue weighted by atomic mass is 32.2. The molecular formula is C15H23N5OS. The fraction of sp³-hybridized carbons (Fsp3) is 0.667. The van der Waals surface area contributed by atoms with Gasteiger partial charge in [-0.3, -0.25) is 4.79 Å². The van der Waals surface area contributed by atoms with Gasteiger partial charge in [-0.15, -0.1) is 5.10 Å². The van der Waals surface area contributed by atoms with Crippen LogP contribution >= 0.6 is 11.8 Å². The number of carbonyl (C=O) groups is 1. The number of nitrogens with zero attached hydrogens (tertiary/aromatic N) is 3. The van der Waals surface area contributed by atoms with Crippen molar-refractivity contribution in [3.05, 3.63) is 18.3 Å². The summed E-state index contributed by atoms with van der Waals surface area (Å²) in [6, 6.07) is 4.53. The molecule has 120 valence electrons. The lowest BCUT2D eigenvalue weighted by atomic mass is 10.2. The summed E-state index contributed by atoms with van der Waals surface area (Å²) in [5.74, 6) is 3.23. The summed E-state index contributed by atoms with van der Waals surface area (Å²) in [7, 11) is 0. The average Bonchev–Trinajstić information content (AvgIpc) is 3.03. The molecule has 2 fully saturated rings. The Kier molecular flexibility index (Phi) is 5.50. The number of thioether (sulfide) groups is 1. The van der Waals surface area contributed by atoms with E-state index >= 15 is 0 Å². The van der Waals surface area contributed by atoms with E-state index in [0.29, 0.717) is 25.0 Å². The van der Waals surface area contributed by atoms with Gasteiger partial charge in [0.25, 0.3) is 0 Å². The molecule has 2 aliphatic rings. The van der Waals surface area contributed by atoms with Crippen LogP contribution in [0, 0.1) is 0 Å². The highest BCUT2D eigenvalue weighted by Crippen LogP contribution is 2.22. The lowest BCUT2D eigenvalue weighted by molar-refractivity contribution is -0.121. The maximum atomic E-state index is 12.1. The lowest BCUT2D eigenvalue weighted by Crippen LogP contribution is -2.44. The lowest BCUT2D eigenvalue weighted by Gasteiger charge is -2.26. The second kappa shape index (κ2) is 7.78. The first-order valence-corrected chi connectivity index (χ1v) is 9.10. The Bertz CT molecular complexity index is 480. The van der Waals surface area contributed by atoms with Gasteiger partial charge in [-0.1, -0.05) is 0 Å². The van der Waals surface area contributed by atoms with Gasteiger partial charge < -0.3 is 15.5 Å². The highest BCUT2D eigenvalue weighted by molar-refractivity contribution is 7.99. The van der Waals surface area contributed by atoms with Crippen LogP contribution in [0.5, 0.6) is 0 Å². The van der Waals surface area contributed by atoms with Crippen LogP contribution in [0.4, 0.5) is 5.82 Å². The first-order chi connectivity index (χ1) is 10.8. The van der Waals surface area contributed by atoms with Gasteiger partial charge in [0, 0.05) is 55.8 Å². The second-order valence-electron chi connectivity index (χ2n) is 5.81. The van der Waals surface area contributed by atoms with Crippen molar-refractivity contribution in [1.29, 1.82) is 0 Å². The van der Waals surface area contributed by atoms with Crippen LogP contribution in [-0.4, -0.2) is 59.3 Å². The zero-order valence-corrected chi connectivity index (χ0v) is 13.5. The fourth-order valence-electron chi connectivity index (χ4n) is 3.07. The third kappa shape index (κ3) is 4.10. The maximum absolute atomic E-state index is 12.1. The van der Waals surface area contributed by atoms with Crippen molar-refractivity contribution < 1.29 is 4.79 Å². The van der Waals surface area contributed by atoms with Crippen LogP contribution in [0.1, 0.15) is 19.3 Å². The van der Waals surface area contributed by atoms with Crippen molar-refractivity contribution in [2.24, 2.45) is 0 Å². The van der Waals surface area contributed by atoms with Crippen LogP contribution < -0.4 is 15.5 Å². The summed E-state index contributed by atoms with van der Waals surface area (Å²) in [6.45, 7) is 2.68. The molecule has 0 spiro atoms. The van der Waals surface area contributed by atoms with Gasteiger partial charge >= 0.3 is 0 Å². The zero-order valence-electron chi connectivity index (χ0n) is 12.7. The van der Waals surface area contributed by atoms with Crippen LogP contribution in [0.2, 0.25) is 0 Å². The minimum Gasteiger partial charge on any atom is -0.354 e. The molecule has 0 saturated carbocycles. The van der Waals surface area contributed by atoms with Gasteiger partial charge in [-0.2, -0.15) is 16.9 Å². The molecule has 3 heterocycles. The molecule has 1 aromatic rings. The summed E-state index contributed by atoms with van der Waals surface area (Å²) in [6.07, 6.45) is 4.49. The van der Waals surface area contributed by atoms with Gasteiger partial charge in [0.2, 0.25) is 5.91 Å². The third-order valence-corrected chi connectivity index (χ3v) is 5.33. The number of aromatic nitrogens is 2. The Morgan fingerprint density at radius 2 is 2.50 bits per heavy atom. The van der Waals surface area contributed by atoms with E-state index in [4.69, 9.17) is 0 Å². The molecule has 1 amide bonds. The molecule has 0 aliphatic carbocycles. The molecule has 1 aromatic heterocycles. The molecule has 2 N–H and O–H groups in total. The number of amides is 1. The van der Waals surface area contributed by atoms with Crippen LogP contribution in [0.25, 0.3) is 0 Å². The Labute approximate surface area is 135 Å². The molecule has 2 unspecified atom stereocenters. The SMILES string of the molecule is O=C(CC1CSCCN1)NCC1CCCN1c1cccnn1. The van der Waals surface area contributed by atoms with E-state index in [1.807, 2.05) is 23.9 Å². The van der Waals surface area contributed by atoms with Crippen molar-refractivity contribution in [3.63, 3.8) is 0 Å². The molecule has 3 rings (SSSR count). The molecular weight excluding hydrogens is 298 g/mol. The predicted molar refractivity (Wildman–Crippen MR) is 89.1 cm³/mol. The molecule has 7 heteroatoms. The number of hydrogen-bond acceptors (Lipinski definition) is 6.